The van der Waals surface area contributed by atoms with Crippen molar-refractivity contribution in [3.8, 4) is 0 Å². The number of carbonyl (C=O) groups is 1. The molecule has 1 aromatic rings. The van der Waals surface area contributed by atoms with Crippen LogP contribution < -0.4 is 5.32 Å². The number of carbonyl (C=O) groups excluding carboxylic acids is 1. The highest BCUT2D eigenvalue weighted by atomic mass is 16.5. The lowest BCUT2D eigenvalue weighted by atomic mass is 10.2. The number of nitrogens with one attached hydrogen (secondary N) is 1. The fourth-order valence-corrected chi connectivity index (χ4v) is 1.50. The zero-order valence-corrected chi connectivity index (χ0v) is 10.3. The smallest absolute Gasteiger partial charge is 0.305 e. The van der Waals surface area contributed by atoms with Gasteiger partial charge < -0.3 is 10.1 Å². The van der Waals surface area contributed by atoms with Crippen LogP contribution in [0, 0.1) is 0 Å². The van der Waals surface area contributed by atoms with Crippen molar-refractivity contribution in [1.29, 1.82) is 0 Å². The van der Waals surface area contributed by atoms with Gasteiger partial charge in [-0.05, 0) is 50.6 Å². The van der Waals surface area contributed by atoms with Crippen molar-refractivity contribution in [2.75, 3.05) is 19.7 Å². The summed E-state index contributed by atoms with van der Waals surface area (Å²) in [6.07, 6.45) is 5.92. The van der Waals surface area contributed by atoms with Crippen LogP contribution in [0.15, 0.2) is 24.5 Å². The summed E-state index contributed by atoms with van der Waals surface area (Å²) >= 11 is 0. The van der Waals surface area contributed by atoms with E-state index >= 15 is 0 Å². The van der Waals surface area contributed by atoms with Crippen molar-refractivity contribution in [3.63, 3.8) is 0 Å². The molecule has 1 rings (SSSR count). The predicted octanol–water partition coefficient (Wildman–Crippen LogP) is 1.56. The van der Waals surface area contributed by atoms with Gasteiger partial charge in [0.25, 0.3) is 0 Å². The van der Waals surface area contributed by atoms with Crippen LogP contribution in [0.4, 0.5) is 0 Å². The molecule has 0 saturated carbocycles. The number of hydrogen-bond acceptors (Lipinski definition) is 4. The first kappa shape index (κ1) is 13.6. The Balaban J connectivity index is 1.96. The van der Waals surface area contributed by atoms with E-state index in [2.05, 4.69) is 10.3 Å². The summed E-state index contributed by atoms with van der Waals surface area (Å²) in [4.78, 5) is 15.0. The zero-order valence-electron chi connectivity index (χ0n) is 10.3. The maximum absolute atomic E-state index is 11.0. The molecule has 94 valence electrons. The van der Waals surface area contributed by atoms with E-state index in [4.69, 9.17) is 4.74 Å². The molecule has 0 saturated heterocycles. The van der Waals surface area contributed by atoms with Crippen LogP contribution in [0.5, 0.6) is 0 Å². The van der Waals surface area contributed by atoms with Gasteiger partial charge in [0.15, 0.2) is 0 Å². The molecule has 1 aromatic heterocycles. The van der Waals surface area contributed by atoms with Crippen molar-refractivity contribution < 1.29 is 9.53 Å². The quantitative estimate of drug-likeness (QED) is 0.549. The Morgan fingerprint density at radius 2 is 2.12 bits per heavy atom. The fourth-order valence-electron chi connectivity index (χ4n) is 1.50. The lowest BCUT2D eigenvalue weighted by Gasteiger charge is -2.04. The summed E-state index contributed by atoms with van der Waals surface area (Å²) in [6, 6.07) is 4.03. The van der Waals surface area contributed by atoms with Gasteiger partial charge in [0.1, 0.15) is 0 Å². The molecule has 0 amide bonds. The summed E-state index contributed by atoms with van der Waals surface area (Å²) in [5.41, 5.74) is 1.28. The molecule has 0 atom stereocenters. The molecular weight excluding hydrogens is 216 g/mol. The van der Waals surface area contributed by atoms with E-state index < -0.39 is 0 Å². The molecule has 1 heterocycles. The average molecular weight is 236 g/mol. The van der Waals surface area contributed by atoms with E-state index in [-0.39, 0.29) is 5.97 Å². The van der Waals surface area contributed by atoms with Crippen molar-refractivity contribution in [2.24, 2.45) is 0 Å². The van der Waals surface area contributed by atoms with Crippen LogP contribution in [0.3, 0.4) is 0 Å². The third-order valence-electron chi connectivity index (χ3n) is 2.38. The van der Waals surface area contributed by atoms with Crippen molar-refractivity contribution in [3.05, 3.63) is 30.1 Å². The molecule has 0 spiro atoms. The Kier molecular flexibility index (Phi) is 6.98. The molecule has 0 aromatic carbocycles. The maximum atomic E-state index is 11.0. The van der Waals surface area contributed by atoms with Crippen LogP contribution in [-0.2, 0) is 16.0 Å². The van der Waals surface area contributed by atoms with E-state index in [9.17, 15) is 4.79 Å². The minimum atomic E-state index is -0.108. The van der Waals surface area contributed by atoms with Gasteiger partial charge in [-0.1, -0.05) is 0 Å². The summed E-state index contributed by atoms with van der Waals surface area (Å²) in [6.45, 7) is 4.07. The fraction of sp³-hybridized carbons (Fsp3) is 0.538. The number of aromatic nitrogens is 1. The number of hydrogen-bond donors (Lipinski definition) is 1. The summed E-state index contributed by atoms with van der Waals surface area (Å²) in [5, 5.41) is 3.30. The lowest BCUT2D eigenvalue weighted by molar-refractivity contribution is -0.143. The lowest BCUT2D eigenvalue weighted by Crippen LogP contribution is -2.19. The summed E-state index contributed by atoms with van der Waals surface area (Å²) < 4.78 is 4.84. The second kappa shape index (κ2) is 8.70. The Hall–Kier alpha value is -1.42. The number of ether oxygens (including phenoxy) is 1. The average Bonchev–Trinajstić information content (AvgIpc) is 2.35. The number of pyridine rings is 1. The Labute approximate surface area is 102 Å². The van der Waals surface area contributed by atoms with Crippen LogP contribution in [0.2, 0.25) is 0 Å². The van der Waals surface area contributed by atoms with Gasteiger partial charge in [0.05, 0.1) is 6.61 Å². The van der Waals surface area contributed by atoms with E-state index in [0.717, 1.165) is 25.9 Å². The van der Waals surface area contributed by atoms with Gasteiger partial charge in [-0.2, -0.15) is 0 Å². The molecule has 4 nitrogen and oxygen atoms in total. The minimum Gasteiger partial charge on any atom is -0.466 e. The van der Waals surface area contributed by atoms with Crippen LogP contribution in [0.25, 0.3) is 0 Å². The molecule has 0 fully saturated rings. The topological polar surface area (TPSA) is 51.2 Å². The first-order chi connectivity index (χ1) is 8.33. The highest BCUT2D eigenvalue weighted by molar-refractivity contribution is 5.69. The number of esters is 1. The molecular formula is C13H20N2O2. The molecule has 0 aliphatic carbocycles. The first-order valence-electron chi connectivity index (χ1n) is 6.08. The van der Waals surface area contributed by atoms with Crippen LogP contribution in [-0.4, -0.2) is 30.6 Å². The van der Waals surface area contributed by atoms with Gasteiger partial charge in [0, 0.05) is 18.8 Å². The van der Waals surface area contributed by atoms with Gasteiger partial charge in [-0.3, -0.25) is 9.78 Å². The molecule has 4 heteroatoms. The third kappa shape index (κ3) is 6.68. The molecule has 0 bridgehead atoms. The maximum Gasteiger partial charge on any atom is 0.305 e. The van der Waals surface area contributed by atoms with Gasteiger partial charge >= 0.3 is 5.97 Å². The Morgan fingerprint density at radius 1 is 1.35 bits per heavy atom. The monoisotopic (exact) mass is 236 g/mol. The van der Waals surface area contributed by atoms with E-state index in [1.807, 2.05) is 19.1 Å². The molecule has 0 aliphatic heterocycles. The molecule has 17 heavy (non-hydrogen) atoms. The Bertz CT molecular complexity index is 314. The van der Waals surface area contributed by atoms with Crippen molar-refractivity contribution >= 4 is 5.97 Å². The Morgan fingerprint density at radius 3 is 2.82 bits per heavy atom. The van der Waals surface area contributed by atoms with E-state index in [1.54, 1.807) is 12.4 Å². The number of rotatable bonds is 8. The number of nitrogens with zero attached hydrogens (tertiary/aromatic N) is 1. The van der Waals surface area contributed by atoms with Gasteiger partial charge in [-0.15, -0.1) is 0 Å². The second-order valence-corrected chi connectivity index (χ2v) is 3.76. The van der Waals surface area contributed by atoms with Crippen LogP contribution in [0.1, 0.15) is 25.3 Å². The van der Waals surface area contributed by atoms with Gasteiger partial charge in [0.2, 0.25) is 0 Å². The molecule has 1 N–H and O–H groups in total. The van der Waals surface area contributed by atoms with Crippen LogP contribution >= 0.6 is 0 Å². The third-order valence-corrected chi connectivity index (χ3v) is 2.38. The highest BCUT2D eigenvalue weighted by Gasteiger charge is 2.00. The zero-order chi connectivity index (χ0) is 12.3. The summed E-state index contributed by atoms with van der Waals surface area (Å²) in [5.74, 6) is -0.108. The van der Waals surface area contributed by atoms with E-state index in [0.29, 0.717) is 13.0 Å². The van der Waals surface area contributed by atoms with E-state index in [1.165, 1.54) is 5.56 Å². The minimum absolute atomic E-state index is 0.108. The summed E-state index contributed by atoms with van der Waals surface area (Å²) in [7, 11) is 0. The molecule has 0 radical (unpaired) electrons. The predicted molar refractivity (Wildman–Crippen MR) is 66.7 cm³/mol. The van der Waals surface area contributed by atoms with Crippen molar-refractivity contribution in [1.82, 2.24) is 10.3 Å². The van der Waals surface area contributed by atoms with Crippen molar-refractivity contribution in [2.45, 2.75) is 26.2 Å². The normalized spacial score (nSPS) is 10.2. The largest absolute Gasteiger partial charge is 0.466 e. The SMILES string of the molecule is CCOC(=O)CCCNCCc1ccncc1. The standard InChI is InChI=1S/C13H20N2O2/c1-2-17-13(16)4-3-8-14-9-5-12-6-10-15-11-7-12/h6-7,10-11,14H,2-5,8-9H2,1H3. The van der Waals surface area contributed by atoms with Gasteiger partial charge in [-0.25, -0.2) is 0 Å². The highest BCUT2D eigenvalue weighted by Crippen LogP contribution is 1.96. The second-order valence-electron chi connectivity index (χ2n) is 3.76. The molecule has 0 unspecified atom stereocenters. The molecule has 0 aliphatic rings. The first-order valence-corrected chi connectivity index (χ1v) is 6.08.